The van der Waals surface area contributed by atoms with E-state index in [0.29, 0.717) is 0 Å². The second-order valence-electron chi connectivity index (χ2n) is 2.47. The van der Waals surface area contributed by atoms with Gasteiger partial charge in [0.1, 0.15) is 0 Å². The summed E-state index contributed by atoms with van der Waals surface area (Å²) in [5.41, 5.74) is 1.04. The number of aryl methyl sites for hydroxylation is 1. The molecule has 1 N–H and O–H groups in total. The monoisotopic (exact) mass is 242 g/mol. The van der Waals surface area contributed by atoms with Crippen LogP contribution in [0.4, 0.5) is 0 Å². The van der Waals surface area contributed by atoms with E-state index in [2.05, 4.69) is 0 Å². The fourth-order valence-corrected chi connectivity index (χ4v) is 1.38. The van der Waals surface area contributed by atoms with Gasteiger partial charge in [-0.3, -0.25) is 4.55 Å². The van der Waals surface area contributed by atoms with E-state index in [9.17, 15) is 8.42 Å². The van der Waals surface area contributed by atoms with Gasteiger partial charge in [0, 0.05) is 17.1 Å². The predicted molar refractivity (Wildman–Crippen MR) is 45.6 cm³/mol. The zero-order valence-electron chi connectivity index (χ0n) is 7.04. The fourth-order valence-electron chi connectivity index (χ4n) is 0.897. The molecule has 0 aliphatic carbocycles. The van der Waals surface area contributed by atoms with Crippen LogP contribution in [-0.2, 0) is 33.6 Å². The molecule has 0 amide bonds. The molecule has 1 aromatic carbocycles. The first kappa shape index (κ1) is 12.6. The number of hydrogen-bond acceptors (Lipinski definition) is 2. The van der Waals surface area contributed by atoms with E-state index in [1.807, 2.05) is 6.92 Å². The van der Waals surface area contributed by atoms with Crippen molar-refractivity contribution in [1.29, 1.82) is 0 Å². The van der Waals surface area contributed by atoms with Gasteiger partial charge in [0.15, 0.2) is 0 Å². The summed E-state index contributed by atoms with van der Waals surface area (Å²) in [6, 6.07) is 6.16. The zero-order valence-corrected chi connectivity index (χ0v) is 8.96. The molecule has 0 atom stereocenters. The van der Waals surface area contributed by atoms with Crippen molar-refractivity contribution in [3.05, 3.63) is 29.8 Å². The van der Waals surface area contributed by atoms with Crippen LogP contribution in [0.2, 0.25) is 0 Å². The quantitative estimate of drug-likeness (QED) is 0.631. The molecule has 0 saturated heterocycles. The minimum absolute atomic E-state index is 0. The third-order valence-electron chi connectivity index (χ3n) is 1.63. The van der Waals surface area contributed by atoms with Crippen molar-refractivity contribution in [2.24, 2.45) is 0 Å². The summed E-state index contributed by atoms with van der Waals surface area (Å²) < 4.78 is 29.8. The van der Waals surface area contributed by atoms with E-state index in [1.165, 1.54) is 12.1 Å². The normalized spacial score (nSPS) is 10.6. The van der Waals surface area contributed by atoms with E-state index < -0.39 is 10.1 Å². The van der Waals surface area contributed by atoms with Gasteiger partial charge in [-0.2, -0.15) is 8.42 Å². The molecule has 0 radical (unpaired) electrons. The Balaban J connectivity index is 0.00000144. The van der Waals surface area contributed by atoms with Gasteiger partial charge in [0.25, 0.3) is 10.1 Å². The Labute approximate surface area is 88.4 Å². The van der Waals surface area contributed by atoms with Crippen LogP contribution in [0.3, 0.4) is 0 Å². The van der Waals surface area contributed by atoms with Gasteiger partial charge < -0.3 is 0 Å². The molecule has 0 aliphatic heterocycles. The van der Waals surface area contributed by atoms with Crippen LogP contribution in [0.5, 0.6) is 0 Å². The van der Waals surface area contributed by atoms with Crippen LogP contribution in [0, 0.1) is 0 Å². The minimum Gasteiger partial charge on any atom is -0.282 e. The maximum atomic E-state index is 10.6. The molecule has 5 heteroatoms. The molecule has 1 aromatic rings. The van der Waals surface area contributed by atoms with E-state index in [0.717, 1.165) is 12.0 Å². The molecule has 1 rings (SSSR count). The van der Waals surface area contributed by atoms with Gasteiger partial charge in [0.05, 0.1) is 4.90 Å². The number of benzene rings is 1. The van der Waals surface area contributed by atoms with Crippen molar-refractivity contribution < 1.29 is 30.0 Å². The van der Waals surface area contributed by atoms with E-state index in [1.54, 1.807) is 12.1 Å². The first-order valence-corrected chi connectivity index (χ1v) is 5.04. The average molecular weight is 242 g/mol. The molecule has 13 heavy (non-hydrogen) atoms. The van der Waals surface area contributed by atoms with Crippen molar-refractivity contribution in [3.8, 4) is 0 Å². The van der Waals surface area contributed by atoms with Gasteiger partial charge >= 0.3 is 0 Å². The topological polar surface area (TPSA) is 54.4 Å². The SMILES string of the molecule is CCc1ccc(S(=O)(=O)O)cc1.[Fe]. The van der Waals surface area contributed by atoms with Crippen molar-refractivity contribution in [2.75, 3.05) is 0 Å². The summed E-state index contributed by atoms with van der Waals surface area (Å²) in [6.07, 6.45) is 0.853. The number of rotatable bonds is 2. The first-order valence-electron chi connectivity index (χ1n) is 3.60. The molecule has 0 heterocycles. The molecule has 0 bridgehead atoms. The smallest absolute Gasteiger partial charge is 0.282 e. The second kappa shape index (κ2) is 4.77. The zero-order chi connectivity index (χ0) is 9.19. The molecular formula is C8H10FeO3S. The van der Waals surface area contributed by atoms with Gasteiger partial charge in [-0.1, -0.05) is 19.1 Å². The molecule has 0 saturated carbocycles. The summed E-state index contributed by atoms with van der Waals surface area (Å²) in [7, 11) is -4.03. The Morgan fingerprint density at radius 1 is 1.23 bits per heavy atom. The predicted octanol–water partition coefficient (Wildman–Crippen LogP) is 1.49. The summed E-state index contributed by atoms with van der Waals surface area (Å²) in [5, 5.41) is 0. The Hall–Kier alpha value is -0.351. The minimum atomic E-state index is -4.03. The summed E-state index contributed by atoms with van der Waals surface area (Å²) in [6.45, 7) is 1.97. The van der Waals surface area contributed by atoms with E-state index in [4.69, 9.17) is 4.55 Å². The van der Waals surface area contributed by atoms with Gasteiger partial charge in [-0.05, 0) is 24.1 Å². The summed E-state index contributed by atoms with van der Waals surface area (Å²) in [4.78, 5) is -0.0558. The average Bonchev–Trinajstić information content (AvgIpc) is 2.03. The van der Waals surface area contributed by atoms with E-state index >= 15 is 0 Å². The third-order valence-corrected chi connectivity index (χ3v) is 2.50. The molecule has 0 spiro atoms. The molecule has 0 unspecified atom stereocenters. The van der Waals surface area contributed by atoms with Crippen LogP contribution in [0.1, 0.15) is 12.5 Å². The first-order chi connectivity index (χ1) is 5.54. The summed E-state index contributed by atoms with van der Waals surface area (Å²) >= 11 is 0. The maximum absolute atomic E-state index is 10.6. The van der Waals surface area contributed by atoms with Crippen molar-refractivity contribution in [2.45, 2.75) is 18.2 Å². The van der Waals surface area contributed by atoms with Gasteiger partial charge in [0.2, 0.25) is 0 Å². The third kappa shape index (κ3) is 3.48. The molecule has 0 aromatic heterocycles. The Morgan fingerprint density at radius 3 is 2.00 bits per heavy atom. The molecular weight excluding hydrogens is 232 g/mol. The van der Waals surface area contributed by atoms with Crippen LogP contribution in [0.25, 0.3) is 0 Å². The number of hydrogen-bond donors (Lipinski definition) is 1. The molecule has 74 valence electrons. The van der Waals surface area contributed by atoms with Crippen molar-refractivity contribution in [1.82, 2.24) is 0 Å². The second-order valence-corrected chi connectivity index (χ2v) is 3.89. The van der Waals surface area contributed by atoms with Crippen LogP contribution < -0.4 is 0 Å². The van der Waals surface area contributed by atoms with Gasteiger partial charge in [-0.15, -0.1) is 0 Å². The fraction of sp³-hybridized carbons (Fsp3) is 0.250. The van der Waals surface area contributed by atoms with Crippen LogP contribution in [0.15, 0.2) is 29.2 Å². The Morgan fingerprint density at radius 2 is 1.69 bits per heavy atom. The Bertz CT molecular complexity index is 355. The van der Waals surface area contributed by atoms with Crippen molar-refractivity contribution in [3.63, 3.8) is 0 Å². The molecule has 0 aliphatic rings. The van der Waals surface area contributed by atoms with Crippen LogP contribution in [-0.4, -0.2) is 13.0 Å². The largest absolute Gasteiger partial charge is 0.294 e. The van der Waals surface area contributed by atoms with Crippen molar-refractivity contribution >= 4 is 10.1 Å². The Kier molecular flexibility index (Phi) is 4.64. The molecule has 0 fully saturated rings. The maximum Gasteiger partial charge on any atom is 0.294 e. The molecule has 3 nitrogen and oxygen atoms in total. The standard InChI is InChI=1S/C8H10O3S.Fe/c1-2-7-3-5-8(6-4-7)12(9,10)11;/h3-6H,2H2,1H3,(H,9,10,11);. The van der Waals surface area contributed by atoms with E-state index in [-0.39, 0.29) is 22.0 Å². The summed E-state index contributed by atoms with van der Waals surface area (Å²) in [5.74, 6) is 0. The van der Waals surface area contributed by atoms with Gasteiger partial charge in [-0.25, -0.2) is 0 Å². The van der Waals surface area contributed by atoms with Crippen LogP contribution >= 0.6 is 0 Å².